The van der Waals surface area contributed by atoms with E-state index >= 15 is 0 Å². The summed E-state index contributed by atoms with van der Waals surface area (Å²) >= 11 is 0. The molecule has 0 saturated carbocycles. The van der Waals surface area contributed by atoms with Crippen molar-refractivity contribution in [2.24, 2.45) is 0 Å². The molecule has 0 aliphatic carbocycles. The molecule has 0 spiro atoms. The zero-order chi connectivity index (χ0) is 14.5. The molecule has 0 aromatic heterocycles. The van der Waals surface area contributed by atoms with Gasteiger partial charge in [0.15, 0.2) is 0 Å². The van der Waals surface area contributed by atoms with Crippen LogP contribution in [0, 0.1) is 0 Å². The number of alkyl halides is 3. The van der Waals surface area contributed by atoms with Crippen LogP contribution >= 0.6 is 0 Å². The second-order valence-corrected chi connectivity index (χ2v) is 4.84. The Balaban J connectivity index is 2.69. The fourth-order valence-electron chi connectivity index (χ4n) is 1.95. The molecule has 0 saturated heterocycles. The van der Waals surface area contributed by atoms with E-state index < -0.39 is 11.7 Å². The molecule has 0 heterocycles. The van der Waals surface area contributed by atoms with E-state index in [1.54, 1.807) is 6.07 Å². The maximum Gasteiger partial charge on any atom is 0.418 e. The van der Waals surface area contributed by atoms with Gasteiger partial charge in [0.25, 0.3) is 0 Å². The molecule has 0 aliphatic heterocycles. The minimum atomic E-state index is -4.41. The van der Waals surface area contributed by atoms with E-state index in [-0.39, 0.29) is 11.7 Å². The lowest BCUT2D eigenvalue weighted by molar-refractivity contribution is -0.136. The summed E-state index contributed by atoms with van der Waals surface area (Å²) in [5, 5.41) is 3.08. The number of nitrogens with one attached hydrogen (secondary N) is 1. The fourth-order valence-corrected chi connectivity index (χ4v) is 1.95. The number of hydrogen-bond acceptors (Lipinski definition) is 2. The van der Waals surface area contributed by atoms with E-state index in [1.807, 2.05) is 6.92 Å². The largest absolute Gasteiger partial charge is 0.418 e. The van der Waals surface area contributed by atoms with Crippen molar-refractivity contribution in [2.45, 2.75) is 51.7 Å². The van der Waals surface area contributed by atoms with Crippen molar-refractivity contribution in [3.05, 3.63) is 23.8 Å². The van der Waals surface area contributed by atoms with Gasteiger partial charge in [-0.15, -0.1) is 0 Å². The van der Waals surface area contributed by atoms with E-state index in [4.69, 9.17) is 5.73 Å². The van der Waals surface area contributed by atoms with Crippen molar-refractivity contribution in [1.82, 2.24) is 0 Å². The highest BCUT2D eigenvalue weighted by Crippen LogP contribution is 2.35. The first-order valence-corrected chi connectivity index (χ1v) is 6.58. The van der Waals surface area contributed by atoms with E-state index in [0.717, 1.165) is 31.7 Å². The Kier molecular flexibility index (Phi) is 5.51. The number of nitrogens with two attached hydrogens (primary N) is 1. The van der Waals surface area contributed by atoms with Gasteiger partial charge >= 0.3 is 6.18 Å². The van der Waals surface area contributed by atoms with Crippen LogP contribution in [0.4, 0.5) is 24.5 Å². The molecule has 0 amide bonds. The topological polar surface area (TPSA) is 38.0 Å². The minimum absolute atomic E-state index is 0.149. The highest BCUT2D eigenvalue weighted by Gasteiger charge is 2.33. The fraction of sp³-hybridized carbons (Fsp3) is 0.571. The lowest BCUT2D eigenvalue weighted by Gasteiger charge is -2.17. The molecular formula is C14H21F3N2. The van der Waals surface area contributed by atoms with Gasteiger partial charge in [-0.3, -0.25) is 0 Å². The van der Waals surface area contributed by atoms with Crippen molar-refractivity contribution in [3.8, 4) is 0 Å². The third kappa shape index (κ3) is 5.01. The quantitative estimate of drug-likeness (QED) is 0.584. The molecule has 1 unspecified atom stereocenters. The number of halogens is 3. The number of hydrogen-bond donors (Lipinski definition) is 2. The lowest BCUT2D eigenvalue weighted by Crippen LogP contribution is -2.16. The van der Waals surface area contributed by atoms with Crippen LogP contribution in [0.1, 0.15) is 45.1 Å². The predicted octanol–water partition coefficient (Wildman–Crippen LogP) is 4.67. The number of rotatable bonds is 6. The smallest absolute Gasteiger partial charge is 0.398 e. The van der Waals surface area contributed by atoms with Crippen LogP contribution in [0.5, 0.6) is 0 Å². The Morgan fingerprint density at radius 3 is 2.53 bits per heavy atom. The SMILES string of the molecule is CCCCCC(C)Nc1ccc(N)c(C(F)(F)F)c1. The standard InChI is InChI=1S/C14H21F3N2/c1-3-4-5-6-10(2)19-11-7-8-13(18)12(9-11)14(15,16)17/h7-10,19H,3-6,18H2,1-2H3. The van der Waals surface area contributed by atoms with Crippen molar-refractivity contribution in [1.29, 1.82) is 0 Å². The van der Waals surface area contributed by atoms with Gasteiger partial charge in [-0.05, 0) is 31.5 Å². The Bertz CT molecular complexity index is 402. The summed E-state index contributed by atoms with van der Waals surface area (Å²) in [6, 6.07) is 4.10. The third-order valence-corrected chi connectivity index (χ3v) is 3.01. The highest BCUT2D eigenvalue weighted by molar-refractivity contribution is 5.58. The number of unbranched alkanes of at least 4 members (excludes halogenated alkanes) is 2. The molecule has 19 heavy (non-hydrogen) atoms. The molecule has 1 aromatic carbocycles. The maximum atomic E-state index is 12.7. The Morgan fingerprint density at radius 1 is 1.26 bits per heavy atom. The summed E-state index contributed by atoms with van der Waals surface area (Å²) in [4.78, 5) is 0. The first-order chi connectivity index (χ1) is 8.84. The summed E-state index contributed by atoms with van der Waals surface area (Å²) in [6.07, 6.45) is -0.118. The normalized spacial score (nSPS) is 13.3. The van der Waals surface area contributed by atoms with Crippen molar-refractivity contribution in [3.63, 3.8) is 0 Å². The van der Waals surface area contributed by atoms with Crippen LogP contribution in [0.2, 0.25) is 0 Å². The average molecular weight is 274 g/mol. The molecule has 0 aliphatic rings. The van der Waals surface area contributed by atoms with Crippen molar-refractivity contribution in [2.75, 3.05) is 11.1 Å². The lowest BCUT2D eigenvalue weighted by atomic mass is 10.1. The molecular weight excluding hydrogens is 253 g/mol. The van der Waals surface area contributed by atoms with Crippen LogP contribution in [0.3, 0.4) is 0 Å². The molecule has 0 fully saturated rings. The summed E-state index contributed by atoms with van der Waals surface area (Å²) in [7, 11) is 0. The van der Waals surface area contributed by atoms with Crippen LogP contribution in [0.25, 0.3) is 0 Å². The summed E-state index contributed by atoms with van der Waals surface area (Å²) in [5.74, 6) is 0. The zero-order valence-corrected chi connectivity index (χ0v) is 11.3. The number of anilines is 2. The number of benzene rings is 1. The Morgan fingerprint density at radius 2 is 1.95 bits per heavy atom. The predicted molar refractivity (Wildman–Crippen MR) is 73.1 cm³/mol. The first kappa shape index (κ1) is 15.7. The van der Waals surface area contributed by atoms with E-state index in [2.05, 4.69) is 12.2 Å². The second kappa shape index (κ2) is 6.68. The van der Waals surface area contributed by atoms with Crippen LogP contribution < -0.4 is 11.1 Å². The molecule has 0 bridgehead atoms. The minimum Gasteiger partial charge on any atom is -0.398 e. The molecule has 1 atom stereocenters. The average Bonchev–Trinajstić information content (AvgIpc) is 2.30. The van der Waals surface area contributed by atoms with Gasteiger partial charge in [-0.2, -0.15) is 13.2 Å². The zero-order valence-electron chi connectivity index (χ0n) is 11.3. The summed E-state index contributed by atoms with van der Waals surface area (Å²) < 4.78 is 38.1. The van der Waals surface area contributed by atoms with Crippen molar-refractivity contribution < 1.29 is 13.2 Å². The van der Waals surface area contributed by atoms with Gasteiger partial charge in [-0.25, -0.2) is 0 Å². The van der Waals surface area contributed by atoms with E-state index in [1.165, 1.54) is 6.07 Å². The van der Waals surface area contributed by atoms with Gasteiger partial charge in [0.05, 0.1) is 5.56 Å². The van der Waals surface area contributed by atoms with E-state index in [9.17, 15) is 13.2 Å². The van der Waals surface area contributed by atoms with E-state index in [0.29, 0.717) is 5.69 Å². The van der Waals surface area contributed by atoms with Crippen LogP contribution in [-0.4, -0.2) is 6.04 Å². The van der Waals surface area contributed by atoms with Crippen molar-refractivity contribution >= 4 is 11.4 Å². The summed E-state index contributed by atoms with van der Waals surface area (Å²) in [5.41, 5.74) is 4.80. The molecule has 1 rings (SSSR count). The monoisotopic (exact) mass is 274 g/mol. The van der Waals surface area contributed by atoms with Gasteiger partial charge in [0, 0.05) is 17.4 Å². The third-order valence-electron chi connectivity index (χ3n) is 3.01. The van der Waals surface area contributed by atoms with Gasteiger partial charge in [0.2, 0.25) is 0 Å². The molecule has 3 N–H and O–H groups in total. The van der Waals surface area contributed by atoms with Gasteiger partial charge < -0.3 is 11.1 Å². The molecule has 0 radical (unpaired) electrons. The Hall–Kier alpha value is -1.39. The van der Waals surface area contributed by atoms with Crippen LogP contribution in [-0.2, 0) is 6.18 Å². The second-order valence-electron chi connectivity index (χ2n) is 4.84. The molecule has 1 aromatic rings. The summed E-state index contributed by atoms with van der Waals surface area (Å²) in [6.45, 7) is 4.09. The van der Waals surface area contributed by atoms with Gasteiger partial charge in [-0.1, -0.05) is 26.2 Å². The Labute approximate surface area is 112 Å². The molecule has 5 heteroatoms. The number of nitrogen functional groups attached to an aromatic ring is 1. The molecule has 108 valence electrons. The van der Waals surface area contributed by atoms with Gasteiger partial charge in [0.1, 0.15) is 0 Å². The highest BCUT2D eigenvalue weighted by atomic mass is 19.4. The van der Waals surface area contributed by atoms with Crippen LogP contribution in [0.15, 0.2) is 18.2 Å². The molecule has 2 nitrogen and oxygen atoms in total. The first-order valence-electron chi connectivity index (χ1n) is 6.58. The maximum absolute atomic E-state index is 12.7.